The summed E-state index contributed by atoms with van der Waals surface area (Å²) in [5, 5.41) is 14.0. The van der Waals surface area contributed by atoms with Crippen LogP contribution >= 0.6 is 0 Å². The van der Waals surface area contributed by atoms with Gasteiger partial charge in [-0.05, 0) is 24.5 Å². The average molecular weight is 340 g/mol. The molecule has 3 atom stereocenters. The number of aliphatic hydroxyl groups excluding tert-OH is 1. The number of ether oxygens (including phenoxy) is 1. The molecule has 0 aromatic heterocycles. The van der Waals surface area contributed by atoms with Gasteiger partial charge >= 0.3 is 0 Å². The molecule has 2 N–H and O–H groups in total. The number of allylic oxidation sites excluding steroid dienone is 1. The molecule has 3 unspecified atom stereocenters. The topological polar surface area (TPSA) is 70.9 Å². The Hall–Kier alpha value is -2.30. The van der Waals surface area contributed by atoms with Crippen molar-refractivity contribution in [3.63, 3.8) is 0 Å². The number of para-hydroxylation sites is 1. The van der Waals surface area contributed by atoms with Crippen LogP contribution in [0.4, 0.5) is 0 Å². The lowest BCUT2D eigenvalue weighted by Gasteiger charge is -2.26. The molecule has 0 saturated heterocycles. The van der Waals surface area contributed by atoms with Gasteiger partial charge in [0.1, 0.15) is 17.3 Å². The molecule has 1 aromatic rings. The molecule has 1 aromatic carbocycles. The van der Waals surface area contributed by atoms with Gasteiger partial charge in [-0.2, -0.15) is 0 Å². The van der Waals surface area contributed by atoms with Gasteiger partial charge < -0.3 is 15.2 Å². The summed E-state index contributed by atoms with van der Waals surface area (Å²) in [6.07, 6.45) is 5.35. The van der Waals surface area contributed by atoms with Crippen LogP contribution in [-0.4, -0.2) is 35.9 Å². The smallest absolute Gasteiger partial charge is 0.170 e. The first kappa shape index (κ1) is 16.2. The van der Waals surface area contributed by atoms with Crippen LogP contribution in [0.3, 0.4) is 0 Å². The Morgan fingerprint density at radius 2 is 2.00 bits per heavy atom. The minimum atomic E-state index is -0.0586. The summed E-state index contributed by atoms with van der Waals surface area (Å²) in [7, 11) is 1.63. The van der Waals surface area contributed by atoms with E-state index in [4.69, 9.17) is 9.73 Å². The van der Waals surface area contributed by atoms with Crippen LogP contribution < -0.4 is 10.1 Å². The van der Waals surface area contributed by atoms with Gasteiger partial charge in [-0.1, -0.05) is 31.0 Å². The monoisotopic (exact) mass is 340 g/mol. The molecule has 3 aliphatic rings. The number of carbonyl (C=O) groups excluding carboxylic acids is 1. The predicted molar refractivity (Wildman–Crippen MR) is 96.2 cm³/mol. The first-order valence-corrected chi connectivity index (χ1v) is 9.10. The fraction of sp³-hybridized carbons (Fsp3) is 0.500. The number of fused-ring (bicyclic) bond motifs is 1. The SMILES string of the molecule is COc1ccccc1C1CC(=O)C(C2=NC3CCCCC3N2)=C(O)C1. The summed E-state index contributed by atoms with van der Waals surface area (Å²) < 4.78 is 5.41. The maximum absolute atomic E-state index is 12.8. The van der Waals surface area contributed by atoms with Gasteiger partial charge in [0.2, 0.25) is 0 Å². The normalized spacial score (nSPS) is 29.1. The molecule has 1 aliphatic heterocycles. The van der Waals surface area contributed by atoms with Crippen LogP contribution in [0, 0.1) is 0 Å². The Bertz CT molecular complexity index is 753. The third-order valence-corrected chi connectivity index (χ3v) is 5.60. The number of benzene rings is 1. The van der Waals surface area contributed by atoms with Crippen molar-refractivity contribution in [3.05, 3.63) is 41.2 Å². The molecule has 4 rings (SSSR count). The van der Waals surface area contributed by atoms with Crippen molar-refractivity contribution in [2.24, 2.45) is 4.99 Å². The summed E-state index contributed by atoms with van der Waals surface area (Å²) in [6, 6.07) is 8.28. The maximum atomic E-state index is 12.8. The van der Waals surface area contributed by atoms with Gasteiger partial charge in [0, 0.05) is 24.8 Å². The van der Waals surface area contributed by atoms with Crippen molar-refractivity contribution in [2.45, 2.75) is 56.5 Å². The van der Waals surface area contributed by atoms with E-state index >= 15 is 0 Å². The van der Waals surface area contributed by atoms with E-state index in [9.17, 15) is 9.90 Å². The highest BCUT2D eigenvalue weighted by molar-refractivity contribution is 6.23. The van der Waals surface area contributed by atoms with Crippen LogP contribution in [0.15, 0.2) is 40.6 Å². The molecule has 1 saturated carbocycles. The highest BCUT2D eigenvalue weighted by Crippen LogP contribution is 2.38. The Morgan fingerprint density at radius 3 is 2.76 bits per heavy atom. The number of nitrogens with one attached hydrogen (secondary N) is 1. The van der Waals surface area contributed by atoms with Crippen LogP contribution in [0.1, 0.15) is 50.0 Å². The number of aliphatic hydroxyl groups is 1. The summed E-state index contributed by atoms with van der Waals surface area (Å²) >= 11 is 0. The Morgan fingerprint density at radius 1 is 1.20 bits per heavy atom. The summed E-state index contributed by atoms with van der Waals surface area (Å²) in [4.78, 5) is 17.5. The number of amidine groups is 1. The van der Waals surface area contributed by atoms with Gasteiger partial charge in [0.25, 0.3) is 0 Å². The second-order valence-electron chi connectivity index (χ2n) is 7.17. The summed E-state index contributed by atoms with van der Waals surface area (Å²) in [6.45, 7) is 0. The second-order valence-corrected chi connectivity index (χ2v) is 7.17. The first-order chi connectivity index (χ1) is 12.2. The fourth-order valence-electron chi connectivity index (χ4n) is 4.34. The lowest BCUT2D eigenvalue weighted by molar-refractivity contribution is -0.116. The third-order valence-electron chi connectivity index (χ3n) is 5.60. The van der Waals surface area contributed by atoms with Gasteiger partial charge in [0.05, 0.1) is 18.7 Å². The van der Waals surface area contributed by atoms with E-state index in [1.807, 2.05) is 24.3 Å². The molecule has 0 bridgehead atoms. The van der Waals surface area contributed by atoms with Crippen LogP contribution in [0.2, 0.25) is 0 Å². The number of Topliss-reactive ketones (excluding diaryl/α,β-unsaturated/α-hetero) is 1. The zero-order valence-electron chi connectivity index (χ0n) is 14.5. The average Bonchev–Trinajstić information content (AvgIpc) is 3.04. The largest absolute Gasteiger partial charge is 0.511 e. The van der Waals surface area contributed by atoms with Gasteiger partial charge in [-0.25, -0.2) is 0 Å². The molecular formula is C20H24N2O3. The minimum Gasteiger partial charge on any atom is -0.511 e. The number of hydrogen-bond acceptors (Lipinski definition) is 5. The standard InChI is InChI=1S/C20H24N2O3/c1-25-18-9-5-2-6-13(18)12-10-16(23)19(17(24)11-12)20-21-14-7-3-4-8-15(14)22-20/h2,5-6,9,12,14-15,23H,3-4,7-8,10-11H2,1H3,(H,21,22). The van der Waals surface area contributed by atoms with E-state index in [0.717, 1.165) is 24.2 Å². The number of methoxy groups -OCH3 is 1. The van der Waals surface area contributed by atoms with E-state index in [-0.39, 0.29) is 23.5 Å². The molecule has 132 valence electrons. The third kappa shape index (κ3) is 2.92. The highest BCUT2D eigenvalue weighted by atomic mass is 16.5. The molecular weight excluding hydrogens is 316 g/mol. The molecule has 2 aliphatic carbocycles. The summed E-state index contributed by atoms with van der Waals surface area (Å²) in [5.41, 5.74) is 1.37. The highest BCUT2D eigenvalue weighted by Gasteiger charge is 2.38. The number of nitrogens with zero attached hydrogens (tertiary/aromatic N) is 1. The number of carbonyl (C=O) groups is 1. The molecule has 0 radical (unpaired) electrons. The van der Waals surface area contributed by atoms with Crippen molar-refractivity contribution in [3.8, 4) is 5.75 Å². The van der Waals surface area contributed by atoms with Crippen molar-refractivity contribution in [1.29, 1.82) is 0 Å². The molecule has 5 heteroatoms. The lowest BCUT2D eigenvalue weighted by atomic mass is 9.82. The lowest BCUT2D eigenvalue weighted by Crippen LogP contribution is -2.39. The molecule has 5 nitrogen and oxygen atoms in total. The quantitative estimate of drug-likeness (QED) is 0.886. The zero-order valence-corrected chi connectivity index (χ0v) is 14.5. The van der Waals surface area contributed by atoms with E-state index in [2.05, 4.69) is 5.32 Å². The van der Waals surface area contributed by atoms with E-state index in [1.165, 1.54) is 12.8 Å². The number of aliphatic imine (C=N–C) groups is 1. The van der Waals surface area contributed by atoms with Crippen molar-refractivity contribution < 1.29 is 14.6 Å². The van der Waals surface area contributed by atoms with Crippen LogP contribution in [0.5, 0.6) is 5.75 Å². The molecule has 1 heterocycles. The Kier molecular flexibility index (Phi) is 4.24. The van der Waals surface area contributed by atoms with Crippen LogP contribution in [0.25, 0.3) is 0 Å². The molecule has 0 spiro atoms. The van der Waals surface area contributed by atoms with Crippen molar-refractivity contribution in [1.82, 2.24) is 5.32 Å². The van der Waals surface area contributed by atoms with E-state index < -0.39 is 0 Å². The van der Waals surface area contributed by atoms with Gasteiger partial charge in [-0.15, -0.1) is 0 Å². The maximum Gasteiger partial charge on any atom is 0.170 e. The van der Waals surface area contributed by atoms with Gasteiger partial charge in [0.15, 0.2) is 5.78 Å². The molecule has 25 heavy (non-hydrogen) atoms. The van der Waals surface area contributed by atoms with Gasteiger partial charge in [-0.3, -0.25) is 9.79 Å². The summed E-state index contributed by atoms with van der Waals surface area (Å²) in [5.74, 6) is 1.43. The minimum absolute atomic E-state index is 0.0375. The number of rotatable bonds is 3. The Labute approximate surface area is 147 Å². The first-order valence-electron chi connectivity index (χ1n) is 9.10. The van der Waals surface area contributed by atoms with Crippen LogP contribution in [-0.2, 0) is 4.79 Å². The zero-order chi connectivity index (χ0) is 17.4. The number of hydrogen-bond donors (Lipinski definition) is 2. The van der Waals surface area contributed by atoms with E-state index in [1.54, 1.807) is 7.11 Å². The van der Waals surface area contributed by atoms with Crippen molar-refractivity contribution >= 4 is 11.6 Å². The number of ketones is 1. The van der Waals surface area contributed by atoms with Crippen molar-refractivity contribution in [2.75, 3.05) is 7.11 Å². The Balaban J connectivity index is 1.60. The fourth-order valence-corrected chi connectivity index (χ4v) is 4.34. The molecule has 1 fully saturated rings. The second kappa shape index (κ2) is 6.54. The van der Waals surface area contributed by atoms with E-state index in [0.29, 0.717) is 30.3 Å². The predicted octanol–water partition coefficient (Wildman–Crippen LogP) is 3.27. The molecule has 0 amide bonds.